The maximum absolute atomic E-state index is 5.86. The van der Waals surface area contributed by atoms with Gasteiger partial charge in [0.2, 0.25) is 5.82 Å². The fourth-order valence-electron chi connectivity index (χ4n) is 1.66. The van der Waals surface area contributed by atoms with Crippen LogP contribution in [0, 0.1) is 0 Å². The third-order valence-corrected chi connectivity index (χ3v) is 2.86. The van der Waals surface area contributed by atoms with Gasteiger partial charge in [-0.15, -0.1) is 0 Å². The molecule has 1 atom stereocenters. The molecule has 6 heteroatoms. The molecule has 0 spiro atoms. The summed E-state index contributed by atoms with van der Waals surface area (Å²) in [5.74, 6) is 0.888. The van der Waals surface area contributed by atoms with Crippen molar-refractivity contribution in [2.75, 3.05) is 12.8 Å². The van der Waals surface area contributed by atoms with E-state index in [1.54, 1.807) is 25.3 Å². The van der Waals surface area contributed by atoms with Crippen molar-refractivity contribution in [3.8, 4) is 11.5 Å². The summed E-state index contributed by atoms with van der Waals surface area (Å²) >= 11 is 5.84. The predicted octanol–water partition coefficient (Wildman–Crippen LogP) is 3.07. The zero-order valence-electron chi connectivity index (χ0n) is 10.2. The molecule has 1 aromatic carbocycles. The molecule has 1 unspecified atom stereocenters. The summed E-state index contributed by atoms with van der Waals surface area (Å²) in [6, 6.07) is 5.13. The number of nitrogens with two attached hydrogens (primary N) is 1. The van der Waals surface area contributed by atoms with Gasteiger partial charge in [0.25, 0.3) is 5.89 Å². The van der Waals surface area contributed by atoms with E-state index in [1.165, 1.54) is 0 Å². The summed E-state index contributed by atoms with van der Waals surface area (Å²) in [7, 11) is 1.61. The number of nitrogen functional groups attached to an aromatic ring is 1. The number of methoxy groups -OCH3 is 1. The molecule has 2 N–H and O–H groups in total. The molecule has 0 bridgehead atoms. The summed E-state index contributed by atoms with van der Waals surface area (Å²) in [4.78, 5) is 4.29. The third kappa shape index (κ3) is 2.47. The first-order chi connectivity index (χ1) is 8.65. The Morgan fingerprint density at radius 1 is 1.50 bits per heavy atom. The van der Waals surface area contributed by atoms with E-state index in [0.29, 0.717) is 28.0 Å². The molecule has 1 heterocycles. The van der Waals surface area contributed by atoms with Crippen LogP contribution in [0.1, 0.15) is 25.3 Å². The lowest BCUT2D eigenvalue weighted by atomic mass is 10.2. The van der Waals surface area contributed by atoms with E-state index in [4.69, 9.17) is 26.6 Å². The first kappa shape index (κ1) is 12.9. The van der Waals surface area contributed by atoms with Crippen molar-refractivity contribution < 1.29 is 9.26 Å². The van der Waals surface area contributed by atoms with Crippen molar-refractivity contribution in [3.05, 3.63) is 29.0 Å². The SMILES string of the molecule is CCC(OC)c1noc(-c2ccc(Cl)cc2N)n1. The molecule has 0 aliphatic carbocycles. The minimum atomic E-state index is -0.170. The van der Waals surface area contributed by atoms with Gasteiger partial charge in [0.05, 0.1) is 5.56 Å². The van der Waals surface area contributed by atoms with Crippen molar-refractivity contribution in [3.63, 3.8) is 0 Å². The number of benzene rings is 1. The van der Waals surface area contributed by atoms with Gasteiger partial charge in [0.15, 0.2) is 0 Å². The number of nitrogens with zero attached hydrogens (tertiary/aromatic N) is 2. The Balaban J connectivity index is 2.34. The van der Waals surface area contributed by atoms with Gasteiger partial charge in [0, 0.05) is 17.8 Å². The fraction of sp³-hybridized carbons (Fsp3) is 0.333. The van der Waals surface area contributed by atoms with E-state index in [1.807, 2.05) is 6.92 Å². The fourth-order valence-corrected chi connectivity index (χ4v) is 1.84. The van der Waals surface area contributed by atoms with Crippen LogP contribution in [0.4, 0.5) is 5.69 Å². The first-order valence-corrected chi connectivity index (χ1v) is 5.95. The number of hydrogen-bond acceptors (Lipinski definition) is 5. The minimum absolute atomic E-state index is 0.170. The monoisotopic (exact) mass is 267 g/mol. The summed E-state index contributed by atoms with van der Waals surface area (Å²) < 4.78 is 10.4. The molecule has 5 nitrogen and oxygen atoms in total. The van der Waals surface area contributed by atoms with Gasteiger partial charge in [-0.05, 0) is 24.6 Å². The molecule has 0 amide bonds. The second kappa shape index (κ2) is 5.37. The second-order valence-corrected chi connectivity index (χ2v) is 4.26. The topological polar surface area (TPSA) is 74.2 Å². The van der Waals surface area contributed by atoms with Crippen LogP contribution >= 0.6 is 11.6 Å². The quantitative estimate of drug-likeness (QED) is 0.862. The smallest absolute Gasteiger partial charge is 0.260 e. The predicted molar refractivity (Wildman–Crippen MR) is 69.2 cm³/mol. The van der Waals surface area contributed by atoms with Crippen molar-refractivity contribution >= 4 is 17.3 Å². The average molecular weight is 268 g/mol. The number of aromatic nitrogens is 2. The van der Waals surface area contributed by atoms with Crippen molar-refractivity contribution in [1.82, 2.24) is 10.1 Å². The Morgan fingerprint density at radius 3 is 2.89 bits per heavy atom. The molecular weight excluding hydrogens is 254 g/mol. The van der Waals surface area contributed by atoms with Gasteiger partial charge in [-0.25, -0.2) is 0 Å². The van der Waals surface area contributed by atoms with Crippen LogP contribution in [-0.4, -0.2) is 17.3 Å². The summed E-state index contributed by atoms with van der Waals surface area (Å²) in [6.45, 7) is 1.99. The van der Waals surface area contributed by atoms with E-state index in [9.17, 15) is 0 Å². The van der Waals surface area contributed by atoms with Crippen LogP contribution in [0.3, 0.4) is 0 Å². The average Bonchev–Trinajstić information content (AvgIpc) is 2.80. The normalized spacial score (nSPS) is 12.6. The zero-order chi connectivity index (χ0) is 13.1. The molecule has 96 valence electrons. The summed E-state index contributed by atoms with van der Waals surface area (Å²) in [5, 5.41) is 4.47. The summed E-state index contributed by atoms with van der Waals surface area (Å²) in [6.07, 6.45) is 0.599. The Bertz CT molecular complexity index is 538. The lowest BCUT2D eigenvalue weighted by Crippen LogP contribution is -2.01. The summed E-state index contributed by atoms with van der Waals surface area (Å²) in [5.41, 5.74) is 7.03. The molecule has 18 heavy (non-hydrogen) atoms. The van der Waals surface area contributed by atoms with Crippen LogP contribution in [0.5, 0.6) is 0 Å². The third-order valence-electron chi connectivity index (χ3n) is 2.63. The lowest BCUT2D eigenvalue weighted by molar-refractivity contribution is 0.0903. The highest BCUT2D eigenvalue weighted by atomic mass is 35.5. The number of halogens is 1. The Morgan fingerprint density at radius 2 is 2.28 bits per heavy atom. The van der Waals surface area contributed by atoms with Gasteiger partial charge in [-0.1, -0.05) is 23.7 Å². The highest BCUT2D eigenvalue weighted by Gasteiger charge is 2.18. The van der Waals surface area contributed by atoms with Crippen LogP contribution in [0.15, 0.2) is 22.7 Å². The van der Waals surface area contributed by atoms with E-state index >= 15 is 0 Å². The number of hydrogen-bond donors (Lipinski definition) is 1. The van der Waals surface area contributed by atoms with Gasteiger partial charge in [0.1, 0.15) is 6.10 Å². The zero-order valence-corrected chi connectivity index (χ0v) is 10.9. The molecule has 0 radical (unpaired) electrons. The highest BCUT2D eigenvalue weighted by Crippen LogP contribution is 2.28. The Hall–Kier alpha value is -1.59. The van der Waals surface area contributed by atoms with E-state index in [-0.39, 0.29) is 6.10 Å². The van der Waals surface area contributed by atoms with Gasteiger partial charge < -0.3 is 15.0 Å². The minimum Gasteiger partial charge on any atom is -0.398 e. The van der Waals surface area contributed by atoms with E-state index in [2.05, 4.69) is 10.1 Å². The Labute approximate surface area is 110 Å². The van der Waals surface area contributed by atoms with Crippen molar-refractivity contribution in [1.29, 1.82) is 0 Å². The van der Waals surface area contributed by atoms with Crippen molar-refractivity contribution in [2.24, 2.45) is 0 Å². The van der Waals surface area contributed by atoms with E-state index < -0.39 is 0 Å². The van der Waals surface area contributed by atoms with Crippen LogP contribution < -0.4 is 5.73 Å². The molecule has 0 fully saturated rings. The Kier molecular flexibility index (Phi) is 3.84. The maximum atomic E-state index is 5.86. The second-order valence-electron chi connectivity index (χ2n) is 3.82. The lowest BCUT2D eigenvalue weighted by Gasteiger charge is -2.06. The molecule has 2 rings (SSSR count). The molecule has 0 saturated carbocycles. The van der Waals surface area contributed by atoms with Gasteiger partial charge in [-0.2, -0.15) is 4.98 Å². The number of anilines is 1. The molecule has 1 aromatic heterocycles. The van der Waals surface area contributed by atoms with Crippen LogP contribution in [0.2, 0.25) is 5.02 Å². The van der Waals surface area contributed by atoms with Crippen molar-refractivity contribution in [2.45, 2.75) is 19.4 Å². The molecular formula is C12H14ClN3O2. The molecule has 0 saturated heterocycles. The molecule has 0 aliphatic heterocycles. The van der Waals surface area contributed by atoms with Gasteiger partial charge >= 0.3 is 0 Å². The largest absolute Gasteiger partial charge is 0.398 e. The van der Waals surface area contributed by atoms with E-state index in [0.717, 1.165) is 6.42 Å². The van der Waals surface area contributed by atoms with Gasteiger partial charge in [-0.3, -0.25) is 0 Å². The first-order valence-electron chi connectivity index (χ1n) is 5.57. The van der Waals surface area contributed by atoms with Crippen LogP contribution in [0.25, 0.3) is 11.5 Å². The number of rotatable bonds is 4. The standard InChI is InChI=1S/C12H14ClN3O2/c1-3-10(17-2)11-15-12(18-16-11)8-5-4-7(13)6-9(8)14/h4-6,10H,3,14H2,1-2H3. The molecule has 0 aliphatic rings. The molecule has 2 aromatic rings. The maximum Gasteiger partial charge on any atom is 0.260 e. The highest BCUT2D eigenvalue weighted by molar-refractivity contribution is 6.31. The van der Waals surface area contributed by atoms with Crippen LogP contribution in [-0.2, 0) is 4.74 Å². The number of ether oxygens (including phenoxy) is 1.